The van der Waals surface area contributed by atoms with Crippen LogP contribution in [0.2, 0.25) is 0 Å². The van der Waals surface area contributed by atoms with Crippen molar-refractivity contribution < 1.29 is 17.6 Å². The van der Waals surface area contributed by atoms with Crippen molar-refractivity contribution in [3.63, 3.8) is 0 Å². The zero-order valence-corrected chi connectivity index (χ0v) is 6.80. The zero-order chi connectivity index (χ0) is 9.30. The quantitative estimate of drug-likeness (QED) is 0.275. The van der Waals surface area contributed by atoms with Gasteiger partial charge < -0.3 is 0 Å². The highest BCUT2D eigenvalue weighted by molar-refractivity contribution is 6.08. The Labute approximate surface area is 69.6 Å². The van der Waals surface area contributed by atoms with Crippen LogP contribution in [0.4, 0.5) is 17.6 Å². The van der Waals surface area contributed by atoms with Crippen molar-refractivity contribution in [2.45, 2.75) is 6.04 Å². The van der Waals surface area contributed by atoms with Crippen LogP contribution in [-0.2, 0) is 6.04 Å². The van der Waals surface area contributed by atoms with Crippen molar-refractivity contribution in [2.75, 3.05) is 0 Å². The molecule has 5 heteroatoms. The monoisotopic (exact) mass is 191 g/mol. The molecule has 1 aromatic carbocycles. The Balaban J connectivity index is 3.39. The second-order valence-electron chi connectivity index (χ2n) is 2.14. The summed E-state index contributed by atoms with van der Waals surface area (Å²) >= 11 is 0. The van der Waals surface area contributed by atoms with Crippen molar-refractivity contribution in [2.24, 2.45) is 0 Å². The van der Waals surface area contributed by atoms with Crippen molar-refractivity contribution in [3.8, 4) is 0 Å². The van der Waals surface area contributed by atoms with E-state index in [1.165, 1.54) is 0 Å². The summed E-state index contributed by atoms with van der Waals surface area (Å²) in [5.41, 5.74) is -0.247. The first-order valence-electron chi connectivity index (χ1n) is 3.04. The van der Waals surface area contributed by atoms with Crippen molar-refractivity contribution in [1.29, 1.82) is 0 Å². The van der Waals surface area contributed by atoms with Crippen LogP contribution < -0.4 is 0 Å². The van der Waals surface area contributed by atoms with E-state index < -0.39 is 23.3 Å². The van der Waals surface area contributed by atoms with Crippen LogP contribution in [-0.4, -0.2) is 10.2 Å². The molecule has 0 bridgehead atoms. The van der Waals surface area contributed by atoms with Gasteiger partial charge in [0.2, 0.25) is 0 Å². The highest BCUT2D eigenvalue weighted by Gasteiger charge is 2.17. The average Bonchev–Trinajstić information content (AvgIpc) is 2.08. The first kappa shape index (κ1) is 9.25. The Bertz CT molecular complexity index is 311. The fourth-order valence-electron chi connectivity index (χ4n) is 0.750. The fraction of sp³-hybridized carbons (Fsp3) is 0.143. The Morgan fingerprint density at radius 3 is 2.08 bits per heavy atom. The zero-order valence-electron chi connectivity index (χ0n) is 5.80. The van der Waals surface area contributed by atoms with Crippen LogP contribution in [0.25, 0.3) is 0 Å². The largest absolute Gasteiger partial charge is 0.204 e. The Hall–Kier alpha value is -0.843. The standard InChI is InChI=1S/C7H3F4Si/c8-4-1-3(2-12)5(9)7(11)6(4)10/h1H,2H2. The highest BCUT2D eigenvalue weighted by Crippen LogP contribution is 2.18. The average molecular weight is 191 g/mol. The van der Waals surface area contributed by atoms with Gasteiger partial charge in [-0.05, 0) is 17.7 Å². The van der Waals surface area contributed by atoms with E-state index in [0.717, 1.165) is 0 Å². The van der Waals surface area contributed by atoms with E-state index in [1.54, 1.807) is 0 Å². The normalized spacial score (nSPS) is 10.4. The summed E-state index contributed by atoms with van der Waals surface area (Å²) in [5.74, 6) is -6.30. The van der Waals surface area contributed by atoms with Gasteiger partial charge >= 0.3 is 0 Å². The molecule has 0 fully saturated rings. The van der Waals surface area contributed by atoms with Gasteiger partial charge in [-0.25, -0.2) is 17.6 Å². The third kappa shape index (κ3) is 1.36. The minimum absolute atomic E-state index is 0.0695. The number of benzene rings is 1. The molecule has 0 saturated carbocycles. The second-order valence-corrected chi connectivity index (χ2v) is 2.49. The number of halogens is 4. The summed E-state index contributed by atoms with van der Waals surface area (Å²) in [6.45, 7) is 0. The molecule has 1 rings (SSSR count). The van der Waals surface area contributed by atoms with Crippen LogP contribution in [0.15, 0.2) is 6.07 Å². The lowest BCUT2D eigenvalue weighted by Gasteiger charge is -2.01. The molecule has 0 aliphatic heterocycles. The third-order valence-electron chi connectivity index (χ3n) is 1.37. The molecule has 12 heavy (non-hydrogen) atoms. The summed E-state index contributed by atoms with van der Waals surface area (Å²) in [5, 5.41) is 0. The van der Waals surface area contributed by atoms with Crippen molar-refractivity contribution in [1.82, 2.24) is 0 Å². The second kappa shape index (κ2) is 3.26. The van der Waals surface area contributed by atoms with E-state index in [-0.39, 0.29) is 11.6 Å². The smallest absolute Gasteiger partial charge is 0.197 e. The predicted octanol–water partition coefficient (Wildman–Crippen LogP) is 1.91. The Morgan fingerprint density at radius 1 is 1.00 bits per heavy atom. The summed E-state index contributed by atoms with van der Waals surface area (Å²) in [4.78, 5) is 0. The van der Waals surface area contributed by atoms with Crippen LogP contribution in [0.1, 0.15) is 5.56 Å². The summed E-state index contributed by atoms with van der Waals surface area (Å²) in [6.07, 6.45) is 0. The maximum atomic E-state index is 12.6. The summed E-state index contributed by atoms with van der Waals surface area (Å²) in [6, 6.07) is 0.542. The third-order valence-corrected chi connectivity index (χ3v) is 1.75. The van der Waals surface area contributed by atoms with Gasteiger partial charge in [0.25, 0.3) is 0 Å². The molecule has 0 amide bonds. The van der Waals surface area contributed by atoms with Crippen LogP contribution in [0.3, 0.4) is 0 Å². The van der Waals surface area contributed by atoms with Gasteiger partial charge in [0, 0.05) is 10.2 Å². The molecule has 0 nitrogen and oxygen atoms in total. The van der Waals surface area contributed by atoms with Crippen molar-refractivity contribution in [3.05, 3.63) is 34.9 Å². The van der Waals surface area contributed by atoms with Gasteiger partial charge in [-0.1, -0.05) is 0 Å². The molecule has 0 heterocycles. The molecule has 0 saturated heterocycles. The summed E-state index contributed by atoms with van der Waals surface area (Å²) in [7, 11) is 2.85. The Morgan fingerprint density at radius 2 is 1.58 bits per heavy atom. The topological polar surface area (TPSA) is 0 Å². The lowest BCUT2D eigenvalue weighted by molar-refractivity contribution is 0.405. The van der Waals surface area contributed by atoms with Gasteiger partial charge in [-0.2, -0.15) is 0 Å². The molecule has 0 aromatic heterocycles. The van der Waals surface area contributed by atoms with Crippen LogP contribution >= 0.6 is 0 Å². The SMILES string of the molecule is Fc1cc(C[Si])c(F)c(F)c1F. The number of rotatable bonds is 1. The molecule has 0 atom stereocenters. The lowest BCUT2D eigenvalue weighted by Crippen LogP contribution is -2.01. The van der Waals surface area contributed by atoms with Gasteiger partial charge in [0.15, 0.2) is 23.3 Å². The molecule has 63 valence electrons. The van der Waals surface area contributed by atoms with Gasteiger partial charge in [-0.3, -0.25) is 0 Å². The first-order chi connectivity index (χ1) is 5.57. The van der Waals surface area contributed by atoms with Gasteiger partial charge in [-0.15, -0.1) is 0 Å². The molecule has 0 aliphatic rings. The first-order valence-corrected chi connectivity index (χ1v) is 3.75. The van der Waals surface area contributed by atoms with Crippen LogP contribution in [0.5, 0.6) is 0 Å². The highest BCUT2D eigenvalue weighted by atomic mass is 28.1. The van der Waals surface area contributed by atoms with Gasteiger partial charge in [0.1, 0.15) is 0 Å². The van der Waals surface area contributed by atoms with E-state index in [4.69, 9.17) is 0 Å². The predicted molar refractivity (Wildman–Crippen MR) is 35.7 cm³/mol. The summed E-state index contributed by atoms with van der Waals surface area (Å²) < 4.78 is 49.8. The molecule has 0 unspecified atom stereocenters. The molecule has 1 aromatic rings. The van der Waals surface area contributed by atoms with Crippen molar-refractivity contribution >= 4 is 10.2 Å². The molecule has 0 spiro atoms. The van der Waals surface area contributed by atoms with E-state index in [0.29, 0.717) is 6.07 Å². The molecular formula is C7H3F4Si. The maximum Gasteiger partial charge on any atom is 0.197 e. The Kier molecular flexibility index (Phi) is 2.51. The van der Waals surface area contributed by atoms with E-state index in [9.17, 15) is 17.6 Å². The fourth-order valence-corrected chi connectivity index (χ4v) is 1.01. The lowest BCUT2D eigenvalue weighted by atomic mass is 10.2. The minimum Gasteiger partial charge on any atom is -0.204 e. The molecule has 0 aliphatic carbocycles. The molecule has 0 N–H and O–H groups in total. The molecule has 3 radical (unpaired) electrons. The maximum absolute atomic E-state index is 12.6. The van der Waals surface area contributed by atoms with E-state index >= 15 is 0 Å². The minimum atomic E-state index is -1.78. The molecular weight excluding hydrogens is 188 g/mol. The van der Waals surface area contributed by atoms with E-state index in [2.05, 4.69) is 10.2 Å². The number of hydrogen-bond donors (Lipinski definition) is 0. The van der Waals surface area contributed by atoms with E-state index in [1.807, 2.05) is 0 Å². The van der Waals surface area contributed by atoms with Gasteiger partial charge in [0.05, 0.1) is 0 Å². The number of hydrogen-bond acceptors (Lipinski definition) is 0. The van der Waals surface area contributed by atoms with Crippen LogP contribution in [0, 0.1) is 23.3 Å².